The molecule has 0 amide bonds. The van der Waals surface area contributed by atoms with Gasteiger partial charge in [-0.2, -0.15) is 0 Å². The molecular formula is C4H4ClNO3. The van der Waals surface area contributed by atoms with Crippen LogP contribution in [0.3, 0.4) is 0 Å². The van der Waals surface area contributed by atoms with Gasteiger partial charge < -0.3 is 0 Å². The summed E-state index contributed by atoms with van der Waals surface area (Å²) in [4.78, 5) is 19.6. The maximum absolute atomic E-state index is 10.2. The minimum absolute atomic E-state index is 0.315. The van der Waals surface area contributed by atoms with Crippen molar-refractivity contribution in [3.8, 4) is 0 Å². The Morgan fingerprint density at radius 1 is 1.78 bits per heavy atom. The van der Waals surface area contributed by atoms with E-state index in [1.807, 2.05) is 0 Å². The van der Waals surface area contributed by atoms with Gasteiger partial charge in [-0.15, -0.1) is 0 Å². The normalized spacial score (nSPS) is 31.7. The Kier molecular flexibility index (Phi) is 1.40. The summed E-state index contributed by atoms with van der Waals surface area (Å²) in [6, 6.07) is -0.699. The van der Waals surface area contributed by atoms with Crippen LogP contribution in [0.4, 0.5) is 0 Å². The Hall–Kier alpha value is -0.640. The lowest BCUT2D eigenvalue weighted by molar-refractivity contribution is -0.497. The van der Waals surface area contributed by atoms with Crippen molar-refractivity contribution in [2.45, 2.75) is 12.5 Å². The lowest BCUT2D eigenvalue weighted by Crippen LogP contribution is -2.06. The third kappa shape index (κ3) is 1.18. The van der Waals surface area contributed by atoms with E-state index in [1.54, 1.807) is 0 Å². The zero-order chi connectivity index (χ0) is 7.02. The molecule has 1 fully saturated rings. The fourth-order valence-electron chi connectivity index (χ4n) is 0.659. The number of hydrogen-bond acceptors (Lipinski definition) is 3. The molecule has 0 aromatic carbocycles. The number of carbonyl (C=O) groups is 1. The van der Waals surface area contributed by atoms with Crippen molar-refractivity contribution in [2.75, 3.05) is 0 Å². The number of rotatable bonds is 2. The third-order valence-electron chi connectivity index (χ3n) is 1.32. The summed E-state index contributed by atoms with van der Waals surface area (Å²) in [5.74, 6) is -0.512. The Balaban J connectivity index is 2.42. The van der Waals surface area contributed by atoms with Crippen molar-refractivity contribution >= 4 is 16.8 Å². The topological polar surface area (TPSA) is 60.2 Å². The van der Waals surface area contributed by atoms with Crippen LogP contribution in [-0.4, -0.2) is 16.2 Å². The van der Waals surface area contributed by atoms with Crippen LogP contribution < -0.4 is 0 Å². The molecule has 0 aromatic heterocycles. The van der Waals surface area contributed by atoms with Crippen molar-refractivity contribution < 1.29 is 9.72 Å². The summed E-state index contributed by atoms with van der Waals surface area (Å²) < 4.78 is 0. The van der Waals surface area contributed by atoms with Crippen molar-refractivity contribution in [2.24, 2.45) is 5.92 Å². The van der Waals surface area contributed by atoms with Crippen LogP contribution in [0.25, 0.3) is 0 Å². The Morgan fingerprint density at radius 3 is 2.44 bits per heavy atom. The number of nitrogens with zero attached hydrogens (tertiary/aromatic N) is 1. The van der Waals surface area contributed by atoms with E-state index in [4.69, 9.17) is 11.6 Å². The number of halogens is 1. The second-order valence-corrected chi connectivity index (χ2v) is 2.37. The molecule has 1 saturated carbocycles. The minimum atomic E-state index is -0.699. The molecule has 4 nitrogen and oxygen atoms in total. The van der Waals surface area contributed by atoms with Crippen molar-refractivity contribution in [1.29, 1.82) is 0 Å². The highest BCUT2D eigenvalue weighted by Crippen LogP contribution is 2.34. The van der Waals surface area contributed by atoms with Crippen LogP contribution in [0.15, 0.2) is 0 Å². The van der Waals surface area contributed by atoms with E-state index in [-0.39, 0.29) is 0 Å². The van der Waals surface area contributed by atoms with Gasteiger partial charge in [0, 0.05) is 11.3 Å². The Bertz CT molecular complexity index is 151. The van der Waals surface area contributed by atoms with Crippen LogP contribution in [0.5, 0.6) is 0 Å². The monoisotopic (exact) mass is 149 g/mol. The van der Waals surface area contributed by atoms with Gasteiger partial charge in [-0.3, -0.25) is 14.9 Å². The van der Waals surface area contributed by atoms with Gasteiger partial charge in [0.15, 0.2) is 0 Å². The average Bonchev–Trinajstić information content (AvgIpc) is 2.39. The number of carbonyl (C=O) groups excluding carboxylic acids is 1. The average molecular weight is 150 g/mol. The molecular weight excluding hydrogens is 146 g/mol. The van der Waals surface area contributed by atoms with E-state index in [1.165, 1.54) is 0 Å². The van der Waals surface area contributed by atoms with Gasteiger partial charge in [-0.05, 0) is 11.6 Å². The molecule has 0 N–H and O–H groups in total. The quantitative estimate of drug-likeness (QED) is 0.325. The zero-order valence-corrected chi connectivity index (χ0v) is 5.17. The van der Waals surface area contributed by atoms with E-state index >= 15 is 0 Å². The smallest absolute Gasteiger partial charge is 0.231 e. The molecule has 0 heterocycles. The highest BCUT2D eigenvalue weighted by Gasteiger charge is 2.52. The molecule has 1 rings (SSSR count). The van der Waals surface area contributed by atoms with Crippen LogP contribution in [0.2, 0.25) is 0 Å². The van der Waals surface area contributed by atoms with E-state index in [9.17, 15) is 14.9 Å². The first-order valence-electron chi connectivity index (χ1n) is 2.45. The number of hydrogen-bond donors (Lipinski definition) is 0. The van der Waals surface area contributed by atoms with E-state index in [0.717, 1.165) is 0 Å². The lowest BCUT2D eigenvalue weighted by Gasteiger charge is -1.83. The maximum Gasteiger partial charge on any atom is 0.231 e. The predicted molar refractivity (Wildman–Crippen MR) is 29.7 cm³/mol. The van der Waals surface area contributed by atoms with E-state index < -0.39 is 22.1 Å². The lowest BCUT2D eigenvalue weighted by atomic mass is 10.5. The Morgan fingerprint density at radius 2 is 2.33 bits per heavy atom. The highest BCUT2D eigenvalue weighted by molar-refractivity contribution is 6.64. The SMILES string of the molecule is O=C(Cl)[C@H]1C[C@@H]1[N+](=O)[O-]. The second kappa shape index (κ2) is 1.95. The van der Waals surface area contributed by atoms with Crippen molar-refractivity contribution in [3.05, 3.63) is 10.1 Å². The summed E-state index contributed by atoms with van der Waals surface area (Å²) >= 11 is 4.97. The molecule has 0 spiro atoms. The predicted octanol–water partition coefficient (Wildman–Crippen LogP) is 0.417. The van der Waals surface area contributed by atoms with Gasteiger partial charge in [-0.1, -0.05) is 0 Å². The highest BCUT2D eigenvalue weighted by atomic mass is 35.5. The first kappa shape index (κ1) is 6.48. The fourth-order valence-corrected chi connectivity index (χ4v) is 0.893. The van der Waals surface area contributed by atoms with E-state index in [2.05, 4.69) is 0 Å². The van der Waals surface area contributed by atoms with Crippen LogP contribution in [-0.2, 0) is 4.79 Å². The molecule has 0 unspecified atom stereocenters. The molecule has 0 aliphatic heterocycles. The van der Waals surface area contributed by atoms with Gasteiger partial charge in [0.1, 0.15) is 5.92 Å². The fraction of sp³-hybridized carbons (Fsp3) is 0.750. The first-order chi connectivity index (χ1) is 4.13. The summed E-state index contributed by atoms with van der Waals surface area (Å²) in [5.41, 5.74) is 0. The first-order valence-corrected chi connectivity index (χ1v) is 2.83. The van der Waals surface area contributed by atoms with Crippen molar-refractivity contribution in [1.82, 2.24) is 0 Å². The van der Waals surface area contributed by atoms with Gasteiger partial charge in [0.05, 0.1) is 0 Å². The van der Waals surface area contributed by atoms with Gasteiger partial charge in [0.2, 0.25) is 11.3 Å². The molecule has 1 aliphatic rings. The molecule has 0 bridgehead atoms. The minimum Gasteiger partial charge on any atom is -0.281 e. The molecule has 0 radical (unpaired) electrons. The molecule has 2 atom stereocenters. The molecule has 0 aromatic rings. The van der Waals surface area contributed by atoms with Gasteiger partial charge in [0.25, 0.3) is 0 Å². The van der Waals surface area contributed by atoms with Crippen LogP contribution in [0.1, 0.15) is 6.42 Å². The summed E-state index contributed by atoms with van der Waals surface area (Å²) in [6.45, 7) is 0. The van der Waals surface area contributed by atoms with Crippen LogP contribution in [0, 0.1) is 16.0 Å². The zero-order valence-electron chi connectivity index (χ0n) is 4.41. The molecule has 0 saturated heterocycles. The standard InChI is InChI=1S/C4H4ClNO3/c5-4(7)2-1-3(2)6(8)9/h2-3H,1H2/t2-,3-/m0/s1. The summed E-state index contributed by atoms with van der Waals surface area (Å²) in [5, 5.41) is 9.28. The molecule has 9 heavy (non-hydrogen) atoms. The summed E-state index contributed by atoms with van der Waals surface area (Å²) in [7, 11) is 0. The van der Waals surface area contributed by atoms with E-state index in [0.29, 0.717) is 6.42 Å². The number of nitro groups is 1. The maximum atomic E-state index is 10.2. The largest absolute Gasteiger partial charge is 0.281 e. The van der Waals surface area contributed by atoms with Crippen LogP contribution >= 0.6 is 11.6 Å². The molecule has 5 heteroatoms. The second-order valence-electron chi connectivity index (χ2n) is 2.00. The third-order valence-corrected chi connectivity index (χ3v) is 1.60. The Labute approximate surface area is 55.9 Å². The summed E-state index contributed by atoms with van der Waals surface area (Å²) in [6.07, 6.45) is 0.315. The van der Waals surface area contributed by atoms with Gasteiger partial charge in [-0.25, -0.2) is 0 Å². The van der Waals surface area contributed by atoms with Crippen molar-refractivity contribution in [3.63, 3.8) is 0 Å². The van der Waals surface area contributed by atoms with Gasteiger partial charge >= 0.3 is 0 Å². The molecule has 50 valence electrons. The molecule has 1 aliphatic carbocycles.